The third-order valence-corrected chi connectivity index (χ3v) is 8.78. The van der Waals surface area contributed by atoms with Crippen LogP contribution in [0.25, 0.3) is 10.8 Å². The average Bonchev–Trinajstić information content (AvgIpc) is 3.53. The summed E-state index contributed by atoms with van der Waals surface area (Å²) < 4.78 is 35.2. The van der Waals surface area contributed by atoms with E-state index >= 15 is 0 Å². The van der Waals surface area contributed by atoms with E-state index < -0.39 is 16.1 Å². The number of nitrogens with zero attached hydrogens (tertiary/aromatic N) is 2. The molecular formula is C27H24ClN3O4S. The molecule has 1 aliphatic heterocycles. The van der Waals surface area contributed by atoms with Gasteiger partial charge in [-0.05, 0) is 58.3 Å². The highest BCUT2D eigenvalue weighted by Crippen LogP contribution is 2.47. The molecule has 4 aromatic rings. The average molecular weight is 522 g/mol. The van der Waals surface area contributed by atoms with Crippen LogP contribution in [-0.2, 0) is 10.0 Å². The summed E-state index contributed by atoms with van der Waals surface area (Å²) >= 11 is 5.98. The van der Waals surface area contributed by atoms with E-state index in [4.69, 9.17) is 16.0 Å². The highest BCUT2D eigenvalue weighted by Gasteiger charge is 2.41. The summed E-state index contributed by atoms with van der Waals surface area (Å²) in [5, 5.41) is 2.64. The summed E-state index contributed by atoms with van der Waals surface area (Å²) in [5.74, 6) is 0.201. The monoisotopic (exact) mass is 521 g/mol. The normalized spacial score (nSPS) is 20.2. The predicted octanol–water partition coefficient (Wildman–Crippen LogP) is 4.62. The molecule has 36 heavy (non-hydrogen) atoms. The number of benzene rings is 3. The largest absolute Gasteiger partial charge is 0.459 e. The van der Waals surface area contributed by atoms with Crippen molar-refractivity contribution in [3.05, 3.63) is 101 Å². The molecule has 0 radical (unpaired) electrons. The lowest BCUT2D eigenvalue weighted by Crippen LogP contribution is -2.51. The number of furan rings is 1. The van der Waals surface area contributed by atoms with Crippen molar-refractivity contribution < 1.29 is 17.6 Å². The highest BCUT2D eigenvalue weighted by molar-refractivity contribution is 7.89. The number of nitrogens with one attached hydrogen (secondary N) is 1. The maximum absolute atomic E-state index is 13.4. The third kappa shape index (κ3) is 4.00. The molecule has 1 N–H and O–H groups in total. The molecule has 2 unspecified atom stereocenters. The topological polar surface area (TPSA) is 82.9 Å². The van der Waals surface area contributed by atoms with Gasteiger partial charge in [-0.15, -0.1) is 0 Å². The van der Waals surface area contributed by atoms with Gasteiger partial charge in [-0.3, -0.25) is 9.69 Å². The van der Waals surface area contributed by atoms with Crippen LogP contribution in [0.1, 0.15) is 33.8 Å². The van der Waals surface area contributed by atoms with E-state index in [1.54, 1.807) is 29.2 Å². The molecule has 9 heteroatoms. The zero-order valence-corrected chi connectivity index (χ0v) is 20.9. The molecule has 1 amide bonds. The van der Waals surface area contributed by atoms with Gasteiger partial charge in [-0.2, -0.15) is 0 Å². The number of hydrogen-bond donors (Lipinski definition) is 1. The summed E-state index contributed by atoms with van der Waals surface area (Å²) in [6, 6.07) is 21.0. The van der Waals surface area contributed by atoms with E-state index in [0.717, 1.165) is 21.9 Å². The van der Waals surface area contributed by atoms with Crippen LogP contribution in [0.3, 0.4) is 0 Å². The van der Waals surface area contributed by atoms with E-state index in [-0.39, 0.29) is 16.8 Å². The number of carbonyl (C=O) groups is 1. The molecule has 1 fully saturated rings. The first-order chi connectivity index (χ1) is 17.4. The van der Waals surface area contributed by atoms with E-state index in [2.05, 4.69) is 27.8 Å². The second-order valence-electron chi connectivity index (χ2n) is 9.10. The standard InChI is InChI=1S/C27H24ClN3O4S/c28-19-9-11-20(12-10-19)36(33,34)29-25-21-6-1-4-18-5-2-7-22(24(18)21)26(25)30-13-15-31(16-14-30)27(32)23-8-3-17-35-23/h1-12,17,25-26,29H,13-16H2. The minimum absolute atomic E-state index is 0.128. The van der Waals surface area contributed by atoms with E-state index in [0.29, 0.717) is 37.0 Å². The van der Waals surface area contributed by atoms with Crippen molar-refractivity contribution in [1.82, 2.24) is 14.5 Å². The Hall–Kier alpha value is -3.17. The van der Waals surface area contributed by atoms with Gasteiger partial charge in [0.2, 0.25) is 10.0 Å². The summed E-state index contributed by atoms with van der Waals surface area (Å²) in [6.07, 6.45) is 1.50. The molecule has 3 aromatic carbocycles. The molecule has 1 saturated heterocycles. The van der Waals surface area contributed by atoms with Crippen LogP contribution in [0.4, 0.5) is 0 Å². The molecule has 0 saturated carbocycles. The lowest BCUT2D eigenvalue weighted by Gasteiger charge is -2.40. The van der Waals surface area contributed by atoms with Crippen molar-refractivity contribution in [3.63, 3.8) is 0 Å². The number of piperazine rings is 1. The molecule has 2 aliphatic rings. The minimum atomic E-state index is -3.81. The van der Waals surface area contributed by atoms with Crippen molar-refractivity contribution in [2.24, 2.45) is 0 Å². The SMILES string of the molecule is O=C(c1ccco1)N1CCN(C2c3cccc4cccc(c34)C2NS(=O)(=O)c2ccc(Cl)cc2)CC1. The Labute approximate surface area is 214 Å². The Morgan fingerprint density at radius 3 is 2.25 bits per heavy atom. The maximum Gasteiger partial charge on any atom is 0.289 e. The molecule has 1 aromatic heterocycles. The van der Waals surface area contributed by atoms with Crippen LogP contribution < -0.4 is 4.72 Å². The Morgan fingerprint density at radius 1 is 0.889 bits per heavy atom. The molecule has 0 spiro atoms. The third-order valence-electron chi connectivity index (χ3n) is 7.07. The fraction of sp³-hybridized carbons (Fsp3) is 0.222. The quantitative estimate of drug-likeness (QED) is 0.414. The molecule has 184 valence electrons. The molecule has 2 heterocycles. The second-order valence-corrected chi connectivity index (χ2v) is 11.2. The van der Waals surface area contributed by atoms with E-state index in [1.165, 1.54) is 18.4 Å². The lowest BCUT2D eigenvalue weighted by molar-refractivity contribution is 0.0512. The first-order valence-corrected chi connectivity index (χ1v) is 13.6. The summed E-state index contributed by atoms with van der Waals surface area (Å²) in [4.78, 5) is 17.0. The zero-order valence-electron chi connectivity index (χ0n) is 19.3. The number of carbonyl (C=O) groups excluding carboxylic acids is 1. The summed E-state index contributed by atoms with van der Waals surface area (Å²) in [5.41, 5.74) is 2.05. The Morgan fingerprint density at radius 2 is 1.58 bits per heavy atom. The number of halogens is 1. The molecule has 7 nitrogen and oxygen atoms in total. The molecule has 2 atom stereocenters. The van der Waals surface area contributed by atoms with Crippen LogP contribution in [0.15, 0.2) is 88.4 Å². The van der Waals surface area contributed by atoms with Crippen molar-refractivity contribution in [1.29, 1.82) is 0 Å². The van der Waals surface area contributed by atoms with E-state index in [1.807, 2.05) is 18.2 Å². The van der Waals surface area contributed by atoms with Crippen molar-refractivity contribution in [3.8, 4) is 0 Å². The summed E-state index contributed by atoms with van der Waals surface area (Å²) in [6.45, 7) is 2.28. The first kappa shape index (κ1) is 23.2. The van der Waals surface area contributed by atoms with Crippen molar-refractivity contribution >= 4 is 38.3 Å². The number of sulfonamides is 1. The van der Waals surface area contributed by atoms with Crippen LogP contribution >= 0.6 is 11.6 Å². The molecule has 1 aliphatic carbocycles. The Kier molecular flexibility index (Phi) is 5.84. The van der Waals surface area contributed by atoms with Gasteiger partial charge in [0.05, 0.1) is 23.2 Å². The van der Waals surface area contributed by atoms with E-state index in [9.17, 15) is 13.2 Å². The van der Waals surface area contributed by atoms with Gasteiger partial charge in [0.1, 0.15) is 0 Å². The number of rotatable bonds is 5. The van der Waals surface area contributed by atoms with Gasteiger partial charge in [-0.25, -0.2) is 13.1 Å². The lowest BCUT2D eigenvalue weighted by atomic mass is 10.0. The smallest absolute Gasteiger partial charge is 0.289 e. The number of amides is 1. The number of hydrogen-bond acceptors (Lipinski definition) is 5. The maximum atomic E-state index is 13.4. The molecule has 0 bridgehead atoms. The fourth-order valence-corrected chi connectivity index (χ4v) is 6.75. The van der Waals surface area contributed by atoms with Crippen molar-refractivity contribution in [2.75, 3.05) is 26.2 Å². The Bertz CT molecular complexity index is 1520. The fourth-order valence-electron chi connectivity index (χ4n) is 5.40. The minimum Gasteiger partial charge on any atom is -0.459 e. The summed E-state index contributed by atoms with van der Waals surface area (Å²) in [7, 11) is -3.81. The molecule has 6 rings (SSSR count). The van der Waals surface area contributed by atoms with Crippen LogP contribution in [0.2, 0.25) is 5.02 Å². The first-order valence-electron chi connectivity index (χ1n) is 11.8. The van der Waals surface area contributed by atoms with Gasteiger partial charge < -0.3 is 9.32 Å². The van der Waals surface area contributed by atoms with Gasteiger partial charge >= 0.3 is 0 Å². The van der Waals surface area contributed by atoms with Crippen LogP contribution in [0.5, 0.6) is 0 Å². The molecular weight excluding hydrogens is 498 g/mol. The highest BCUT2D eigenvalue weighted by atomic mass is 35.5. The van der Waals surface area contributed by atoms with Crippen molar-refractivity contribution in [2.45, 2.75) is 17.0 Å². The van der Waals surface area contributed by atoms with Gasteiger partial charge in [-0.1, -0.05) is 48.0 Å². The predicted molar refractivity (Wildman–Crippen MR) is 137 cm³/mol. The van der Waals surface area contributed by atoms with Crippen LogP contribution in [-0.4, -0.2) is 50.3 Å². The zero-order chi connectivity index (χ0) is 24.9. The van der Waals surface area contributed by atoms with Gasteiger partial charge in [0.15, 0.2) is 5.76 Å². The van der Waals surface area contributed by atoms with Gasteiger partial charge in [0.25, 0.3) is 5.91 Å². The second kappa shape index (κ2) is 9.05. The van der Waals surface area contributed by atoms with Gasteiger partial charge in [0, 0.05) is 31.2 Å². The Balaban J connectivity index is 1.32. The van der Waals surface area contributed by atoms with Crippen LogP contribution in [0, 0.1) is 0 Å².